The lowest BCUT2D eigenvalue weighted by Crippen LogP contribution is -2.09. The van der Waals surface area contributed by atoms with E-state index in [0.29, 0.717) is 27.7 Å². The number of halogens is 2. The quantitative estimate of drug-likeness (QED) is 0.708. The van der Waals surface area contributed by atoms with Gasteiger partial charge in [0, 0.05) is 11.5 Å². The number of hydrogen-bond acceptors (Lipinski definition) is 2. The van der Waals surface area contributed by atoms with Crippen molar-refractivity contribution >= 4 is 22.8 Å². The molecule has 0 amide bonds. The molecule has 0 aliphatic heterocycles. The number of pyridine rings is 1. The molecule has 0 aliphatic carbocycles. The number of imidazole rings is 1. The number of hydrogen-bond donors (Lipinski definition) is 2. The fraction of sp³-hybridized carbons (Fsp3) is 0.333. The van der Waals surface area contributed by atoms with Crippen LogP contribution in [-0.2, 0) is 0 Å². The SMILES string of the molecule is CC[C@H](c1nc2[nH]c(=O)[nH]c2c(-c2ccc(F)cc2)c1Cl)C(C)C. The minimum atomic E-state index is -0.341. The van der Waals surface area contributed by atoms with Gasteiger partial charge in [-0.3, -0.25) is 4.98 Å². The van der Waals surface area contributed by atoms with Crippen LogP contribution in [0.4, 0.5) is 4.39 Å². The van der Waals surface area contributed by atoms with E-state index in [4.69, 9.17) is 11.6 Å². The second kappa shape index (κ2) is 6.40. The van der Waals surface area contributed by atoms with Crippen molar-refractivity contribution in [2.75, 3.05) is 0 Å². The van der Waals surface area contributed by atoms with Crippen molar-refractivity contribution in [2.24, 2.45) is 5.92 Å². The first-order chi connectivity index (χ1) is 11.4. The fourth-order valence-electron chi connectivity index (χ4n) is 3.16. The molecule has 3 aromatic rings. The predicted octanol–water partition coefficient (Wildman–Crippen LogP) is 4.86. The van der Waals surface area contributed by atoms with E-state index >= 15 is 0 Å². The number of fused-ring (bicyclic) bond motifs is 1. The van der Waals surface area contributed by atoms with Gasteiger partial charge in [0.1, 0.15) is 5.82 Å². The van der Waals surface area contributed by atoms with Crippen molar-refractivity contribution in [3.05, 3.63) is 51.3 Å². The lowest BCUT2D eigenvalue weighted by Gasteiger charge is -2.21. The summed E-state index contributed by atoms with van der Waals surface area (Å²) in [5, 5.41) is 0.505. The van der Waals surface area contributed by atoms with Crippen LogP contribution < -0.4 is 5.69 Å². The van der Waals surface area contributed by atoms with Crippen LogP contribution >= 0.6 is 11.6 Å². The Kier molecular flexibility index (Phi) is 4.45. The number of rotatable bonds is 4. The van der Waals surface area contributed by atoms with E-state index in [1.54, 1.807) is 12.1 Å². The number of aromatic nitrogens is 3. The zero-order valence-electron chi connectivity index (χ0n) is 13.8. The second-order valence-electron chi connectivity index (χ2n) is 6.25. The van der Waals surface area contributed by atoms with E-state index in [0.717, 1.165) is 17.7 Å². The fourth-order valence-corrected chi connectivity index (χ4v) is 3.55. The smallest absolute Gasteiger partial charge is 0.304 e. The summed E-state index contributed by atoms with van der Waals surface area (Å²) in [6.07, 6.45) is 0.882. The Balaban J connectivity index is 2.35. The topological polar surface area (TPSA) is 61.5 Å². The van der Waals surface area contributed by atoms with Crippen LogP contribution in [0.3, 0.4) is 0 Å². The van der Waals surface area contributed by atoms with Crippen molar-refractivity contribution in [1.82, 2.24) is 15.0 Å². The lowest BCUT2D eigenvalue weighted by atomic mass is 9.88. The van der Waals surface area contributed by atoms with E-state index in [1.165, 1.54) is 12.1 Å². The summed E-state index contributed by atoms with van der Waals surface area (Å²) in [5.74, 6) is 0.195. The summed E-state index contributed by atoms with van der Waals surface area (Å²) in [7, 11) is 0. The maximum Gasteiger partial charge on any atom is 0.325 e. The number of nitrogens with one attached hydrogen (secondary N) is 2. The molecule has 0 aliphatic rings. The van der Waals surface area contributed by atoms with Gasteiger partial charge in [-0.25, -0.2) is 14.2 Å². The molecule has 0 radical (unpaired) electrons. The van der Waals surface area contributed by atoms with Crippen LogP contribution in [0, 0.1) is 11.7 Å². The van der Waals surface area contributed by atoms with Crippen LogP contribution in [0.15, 0.2) is 29.1 Å². The third kappa shape index (κ3) is 2.84. The molecule has 0 unspecified atom stereocenters. The van der Waals surface area contributed by atoms with Gasteiger partial charge in [-0.15, -0.1) is 0 Å². The molecule has 2 N–H and O–H groups in total. The summed E-state index contributed by atoms with van der Waals surface area (Å²) < 4.78 is 13.3. The van der Waals surface area contributed by atoms with Crippen molar-refractivity contribution in [1.29, 1.82) is 0 Å². The van der Waals surface area contributed by atoms with Crippen molar-refractivity contribution in [3.8, 4) is 11.1 Å². The summed E-state index contributed by atoms with van der Waals surface area (Å²) >= 11 is 6.70. The van der Waals surface area contributed by atoms with Gasteiger partial charge in [0.05, 0.1) is 16.2 Å². The van der Waals surface area contributed by atoms with E-state index in [-0.39, 0.29) is 17.4 Å². The molecule has 2 aromatic heterocycles. The standard InChI is InChI=1S/C18H19ClFN3O/c1-4-12(9(2)3)15-14(19)13(10-5-7-11(20)8-6-10)16-17(21-15)23-18(24)22-16/h5-9,12H,4H2,1-3H3,(H2,21,22,23,24)/t12-/m0/s1. The molecule has 0 bridgehead atoms. The molecule has 24 heavy (non-hydrogen) atoms. The Morgan fingerprint density at radius 2 is 1.88 bits per heavy atom. The molecule has 1 atom stereocenters. The number of benzene rings is 1. The van der Waals surface area contributed by atoms with Crippen LogP contribution in [0.25, 0.3) is 22.3 Å². The average Bonchev–Trinajstić information content (AvgIpc) is 2.89. The third-order valence-electron chi connectivity index (χ3n) is 4.36. The largest absolute Gasteiger partial charge is 0.325 e. The zero-order chi connectivity index (χ0) is 17.4. The summed E-state index contributed by atoms with van der Waals surface area (Å²) in [5.41, 5.74) is 2.85. The maximum absolute atomic E-state index is 13.3. The van der Waals surface area contributed by atoms with Gasteiger partial charge in [0.2, 0.25) is 0 Å². The first kappa shape index (κ1) is 16.7. The van der Waals surface area contributed by atoms with Gasteiger partial charge in [-0.1, -0.05) is 44.5 Å². The van der Waals surface area contributed by atoms with Gasteiger partial charge < -0.3 is 4.98 Å². The van der Waals surface area contributed by atoms with E-state index in [9.17, 15) is 9.18 Å². The minimum Gasteiger partial charge on any atom is -0.304 e. The van der Waals surface area contributed by atoms with Gasteiger partial charge in [-0.2, -0.15) is 0 Å². The summed E-state index contributed by atoms with van der Waals surface area (Å²) in [6.45, 7) is 6.33. The van der Waals surface area contributed by atoms with Gasteiger partial charge in [0.15, 0.2) is 5.65 Å². The monoisotopic (exact) mass is 347 g/mol. The molecule has 126 valence electrons. The highest BCUT2D eigenvalue weighted by Gasteiger charge is 2.24. The predicted molar refractivity (Wildman–Crippen MR) is 95.0 cm³/mol. The number of nitrogens with zero attached hydrogens (tertiary/aromatic N) is 1. The molecule has 0 saturated heterocycles. The Labute approximate surface area is 144 Å². The van der Waals surface area contributed by atoms with E-state index < -0.39 is 0 Å². The highest BCUT2D eigenvalue weighted by atomic mass is 35.5. The van der Waals surface area contributed by atoms with Crippen molar-refractivity contribution in [3.63, 3.8) is 0 Å². The summed E-state index contributed by atoms with van der Waals surface area (Å²) in [6, 6.07) is 6.06. The van der Waals surface area contributed by atoms with E-state index in [1.807, 2.05) is 0 Å². The van der Waals surface area contributed by atoms with Gasteiger partial charge in [0.25, 0.3) is 0 Å². The van der Waals surface area contributed by atoms with Gasteiger partial charge in [-0.05, 0) is 30.0 Å². The van der Waals surface area contributed by atoms with Gasteiger partial charge >= 0.3 is 5.69 Å². The molecule has 0 fully saturated rings. The summed E-state index contributed by atoms with van der Waals surface area (Å²) in [4.78, 5) is 21.8. The average molecular weight is 348 g/mol. The first-order valence-corrected chi connectivity index (χ1v) is 8.37. The molecular weight excluding hydrogens is 329 g/mol. The van der Waals surface area contributed by atoms with Crippen LogP contribution in [-0.4, -0.2) is 15.0 Å². The molecule has 0 saturated carbocycles. The lowest BCUT2D eigenvalue weighted by molar-refractivity contribution is 0.476. The molecule has 6 heteroatoms. The Hall–Kier alpha value is -2.14. The molecule has 3 rings (SSSR count). The molecule has 2 heterocycles. The third-order valence-corrected chi connectivity index (χ3v) is 4.75. The number of aromatic amines is 2. The second-order valence-corrected chi connectivity index (χ2v) is 6.63. The molecule has 1 aromatic carbocycles. The highest BCUT2D eigenvalue weighted by molar-refractivity contribution is 6.35. The Morgan fingerprint density at radius 1 is 1.21 bits per heavy atom. The minimum absolute atomic E-state index is 0.166. The van der Waals surface area contributed by atoms with Crippen molar-refractivity contribution < 1.29 is 4.39 Å². The maximum atomic E-state index is 13.3. The molecular formula is C18H19ClFN3O. The van der Waals surface area contributed by atoms with Crippen LogP contribution in [0.2, 0.25) is 5.02 Å². The number of H-pyrrole nitrogens is 2. The Morgan fingerprint density at radius 3 is 2.46 bits per heavy atom. The highest BCUT2D eigenvalue weighted by Crippen LogP contribution is 2.40. The first-order valence-electron chi connectivity index (χ1n) is 7.99. The zero-order valence-corrected chi connectivity index (χ0v) is 14.5. The van der Waals surface area contributed by atoms with Crippen LogP contribution in [0.5, 0.6) is 0 Å². The normalized spacial score (nSPS) is 12.9. The molecule has 0 spiro atoms. The Bertz CT molecular complexity index is 928. The van der Waals surface area contributed by atoms with Crippen molar-refractivity contribution in [2.45, 2.75) is 33.1 Å². The van der Waals surface area contributed by atoms with Crippen LogP contribution in [0.1, 0.15) is 38.8 Å². The van der Waals surface area contributed by atoms with E-state index in [2.05, 4.69) is 35.7 Å². The molecule has 4 nitrogen and oxygen atoms in total.